The average molecular weight is 480 g/mol. The summed E-state index contributed by atoms with van der Waals surface area (Å²) in [5.74, 6) is -1.49. The fourth-order valence-corrected chi connectivity index (χ4v) is 5.79. The summed E-state index contributed by atoms with van der Waals surface area (Å²) in [5, 5.41) is 2.67. The van der Waals surface area contributed by atoms with E-state index in [1.165, 1.54) is 27.4 Å². The highest BCUT2D eigenvalue weighted by Crippen LogP contribution is 2.31. The third-order valence-corrected chi connectivity index (χ3v) is 7.82. The Kier molecular flexibility index (Phi) is 6.50. The molecule has 2 aromatic carbocycles. The van der Waals surface area contributed by atoms with E-state index in [2.05, 4.69) is 5.32 Å². The molecule has 1 N–H and O–H groups in total. The van der Waals surface area contributed by atoms with Crippen LogP contribution >= 0.6 is 11.6 Å². The van der Waals surface area contributed by atoms with E-state index in [0.29, 0.717) is 37.2 Å². The lowest BCUT2D eigenvalue weighted by atomic mass is 10.1. The average Bonchev–Trinajstić information content (AvgIpc) is 3.25. The van der Waals surface area contributed by atoms with Crippen LogP contribution in [-0.4, -0.2) is 44.2 Å². The highest BCUT2D eigenvalue weighted by Gasteiger charge is 2.30. The highest BCUT2D eigenvalue weighted by atomic mass is 35.5. The first-order valence-corrected chi connectivity index (χ1v) is 12.3. The number of rotatable bonds is 5. The van der Waals surface area contributed by atoms with E-state index in [9.17, 15) is 22.4 Å². The van der Waals surface area contributed by atoms with Crippen LogP contribution in [0.4, 0.5) is 15.8 Å². The molecule has 10 heteroatoms. The SMILES string of the molecule is O=C(CN1C(=O)CCCc2cc(S(=O)(=O)N3CCCC3)ccc21)Nc1ccc(Cl)cc1F. The number of anilines is 2. The van der Waals surface area contributed by atoms with Crippen molar-refractivity contribution in [1.82, 2.24) is 4.31 Å². The number of sulfonamides is 1. The zero-order valence-corrected chi connectivity index (χ0v) is 18.9. The molecule has 170 valence electrons. The van der Waals surface area contributed by atoms with E-state index in [1.54, 1.807) is 12.1 Å². The molecule has 1 fully saturated rings. The van der Waals surface area contributed by atoms with E-state index < -0.39 is 21.7 Å². The van der Waals surface area contributed by atoms with Crippen LogP contribution in [0.2, 0.25) is 5.02 Å². The summed E-state index contributed by atoms with van der Waals surface area (Å²) < 4.78 is 41.3. The second kappa shape index (κ2) is 9.17. The fraction of sp³-hybridized carbons (Fsp3) is 0.364. The monoisotopic (exact) mass is 479 g/mol. The Morgan fingerprint density at radius 1 is 1.06 bits per heavy atom. The Balaban J connectivity index is 1.58. The van der Waals surface area contributed by atoms with Crippen LogP contribution < -0.4 is 10.2 Å². The first-order chi connectivity index (χ1) is 15.3. The zero-order valence-electron chi connectivity index (χ0n) is 17.3. The third kappa shape index (κ3) is 4.65. The van der Waals surface area contributed by atoms with Gasteiger partial charge in [0.2, 0.25) is 21.8 Å². The summed E-state index contributed by atoms with van der Waals surface area (Å²) >= 11 is 5.74. The zero-order chi connectivity index (χ0) is 22.9. The molecule has 2 aromatic rings. The predicted octanol–water partition coefficient (Wildman–Crippen LogP) is 3.57. The molecule has 2 aliphatic heterocycles. The fourth-order valence-electron chi connectivity index (χ4n) is 4.06. The highest BCUT2D eigenvalue weighted by molar-refractivity contribution is 7.89. The number of hydrogen-bond donors (Lipinski definition) is 1. The number of carbonyl (C=O) groups is 2. The first kappa shape index (κ1) is 22.7. The molecule has 2 aliphatic rings. The molecule has 2 amide bonds. The number of carbonyl (C=O) groups excluding carboxylic acids is 2. The minimum Gasteiger partial charge on any atom is -0.322 e. The van der Waals surface area contributed by atoms with Gasteiger partial charge in [-0.25, -0.2) is 12.8 Å². The molecule has 4 rings (SSSR count). The maximum absolute atomic E-state index is 14.0. The Labute approximate surface area is 191 Å². The van der Waals surface area contributed by atoms with Gasteiger partial charge in [-0.15, -0.1) is 0 Å². The Morgan fingerprint density at radius 3 is 2.53 bits per heavy atom. The molecule has 2 heterocycles. The first-order valence-electron chi connectivity index (χ1n) is 10.4. The van der Waals surface area contributed by atoms with Crippen molar-refractivity contribution in [2.24, 2.45) is 0 Å². The van der Waals surface area contributed by atoms with E-state index in [0.717, 1.165) is 18.9 Å². The van der Waals surface area contributed by atoms with Crippen LogP contribution in [0.25, 0.3) is 0 Å². The number of hydrogen-bond acceptors (Lipinski definition) is 4. The van der Waals surface area contributed by atoms with Crippen molar-refractivity contribution < 1.29 is 22.4 Å². The molecule has 0 unspecified atom stereocenters. The van der Waals surface area contributed by atoms with Crippen LogP contribution in [0.1, 0.15) is 31.2 Å². The van der Waals surface area contributed by atoms with E-state index >= 15 is 0 Å². The van der Waals surface area contributed by atoms with Crippen LogP contribution in [0, 0.1) is 5.82 Å². The van der Waals surface area contributed by atoms with Gasteiger partial charge in [-0.3, -0.25) is 9.59 Å². The number of amides is 2. The van der Waals surface area contributed by atoms with Crippen molar-refractivity contribution >= 4 is 44.8 Å². The third-order valence-electron chi connectivity index (χ3n) is 5.69. The standard InChI is InChI=1S/C22H23ClFN3O4S/c23-16-6-8-19(18(24)13-16)25-21(28)14-27-20-9-7-17(12-15(20)4-3-5-22(27)29)32(30,31)26-10-1-2-11-26/h6-9,12-13H,1-5,10-11,14H2,(H,25,28). The Hall–Kier alpha value is -2.49. The maximum Gasteiger partial charge on any atom is 0.244 e. The van der Waals surface area contributed by atoms with Crippen LogP contribution in [0.3, 0.4) is 0 Å². The molecule has 1 saturated heterocycles. The molecular formula is C22H23ClFN3O4S. The summed E-state index contributed by atoms with van der Waals surface area (Å²) in [7, 11) is -3.59. The second-order valence-electron chi connectivity index (χ2n) is 7.91. The minimum absolute atomic E-state index is 0.0334. The molecule has 0 aromatic heterocycles. The quantitative estimate of drug-likeness (QED) is 0.710. The second-order valence-corrected chi connectivity index (χ2v) is 10.3. The topological polar surface area (TPSA) is 86.8 Å². The van der Waals surface area contributed by atoms with Crippen LogP contribution in [0.15, 0.2) is 41.3 Å². The van der Waals surface area contributed by atoms with Gasteiger partial charge < -0.3 is 10.2 Å². The number of halogens is 2. The van der Waals surface area contributed by atoms with Gasteiger partial charge >= 0.3 is 0 Å². The predicted molar refractivity (Wildman–Crippen MR) is 120 cm³/mol. The van der Waals surface area contributed by atoms with Crippen molar-refractivity contribution in [2.75, 3.05) is 29.9 Å². The van der Waals surface area contributed by atoms with E-state index in [-0.39, 0.29) is 34.5 Å². The van der Waals surface area contributed by atoms with Crippen LogP contribution in [-0.2, 0) is 26.0 Å². The normalized spacial score (nSPS) is 17.2. The molecule has 0 radical (unpaired) electrons. The summed E-state index contributed by atoms with van der Waals surface area (Å²) in [6.45, 7) is 0.697. The Bertz CT molecular complexity index is 1170. The number of fused-ring (bicyclic) bond motifs is 1. The van der Waals surface area contributed by atoms with Crippen molar-refractivity contribution in [3.63, 3.8) is 0 Å². The van der Waals surface area contributed by atoms with Crippen molar-refractivity contribution in [1.29, 1.82) is 0 Å². The van der Waals surface area contributed by atoms with Crippen molar-refractivity contribution in [2.45, 2.75) is 37.0 Å². The summed E-state index contributed by atoms with van der Waals surface area (Å²) in [5.41, 5.74) is 1.16. The Morgan fingerprint density at radius 2 is 1.81 bits per heavy atom. The van der Waals surface area contributed by atoms with Gasteiger partial charge in [0.1, 0.15) is 12.4 Å². The molecule has 0 atom stereocenters. The lowest BCUT2D eigenvalue weighted by Crippen LogP contribution is -2.38. The van der Waals surface area contributed by atoms with Crippen molar-refractivity contribution in [3.8, 4) is 0 Å². The molecule has 32 heavy (non-hydrogen) atoms. The molecule has 7 nitrogen and oxygen atoms in total. The summed E-state index contributed by atoms with van der Waals surface area (Å²) in [6, 6.07) is 8.56. The lowest BCUT2D eigenvalue weighted by molar-refractivity contribution is -0.121. The van der Waals surface area contributed by atoms with Crippen LogP contribution in [0.5, 0.6) is 0 Å². The maximum atomic E-state index is 14.0. The van der Waals surface area contributed by atoms with Gasteiger partial charge in [-0.1, -0.05) is 11.6 Å². The smallest absolute Gasteiger partial charge is 0.244 e. The molecule has 0 saturated carbocycles. The number of aryl methyl sites for hydroxylation is 1. The van der Waals surface area contributed by atoms with Gasteiger partial charge in [0.15, 0.2) is 0 Å². The molecule has 0 bridgehead atoms. The van der Waals surface area contributed by atoms with Gasteiger partial charge in [0.25, 0.3) is 0 Å². The van der Waals surface area contributed by atoms with E-state index in [4.69, 9.17) is 11.6 Å². The molecule has 0 spiro atoms. The number of benzene rings is 2. The largest absolute Gasteiger partial charge is 0.322 e. The minimum atomic E-state index is -3.59. The van der Waals surface area contributed by atoms with Gasteiger partial charge in [-0.05, 0) is 67.6 Å². The van der Waals surface area contributed by atoms with Crippen molar-refractivity contribution in [3.05, 3.63) is 52.8 Å². The summed E-state index contributed by atoms with van der Waals surface area (Å²) in [4.78, 5) is 26.8. The van der Waals surface area contributed by atoms with E-state index in [1.807, 2.05) is 0 Å². The number of nitrogens with one attached hydrogen (secondary N) is 1. The van der Waals surface area contributed by atoms with Gasteiger partial charge in [-0.2, -0.15) is 4.31 Å². The number of nitrogens with zero attached hydrogens (tertiary/aromatic N) is 2. The van der Waals surface area contributed by atoms with Gasteiger partial charge in [0, 0.05) is 30.2 Å². The molecular weight excluding hydrogens is 457 g/mol. The summed E-state index contributed by atoms with van der Waals surface area (Å²) in [6.07, 6.45) is 2.98. The molecule has 0 aliphatic carbocycles. The van der Waals surface area contributed by atoms with Gasteiger partial charge in [0.05, 0.1) is 10.6 Å². The lowest BCUT2D eigenvalue weighted by Gasteiger charge is -2.24.